The SMILES string of the molecule is CCC(C)C(N)c1nc(C(=O)NCc2ccc(C)cc2)co1. The lowest BCUT2D eigenvalue weighted by molar-refractivity contribution is 0.0946. The summed E-state index contributed by atoms with van der Waals surface area (Å²) >= 11 is 0. The topological polar surface area (TPSA) is 81.1 Å². The van der Waals surface area contributed by atoms with Crippen LogP contribution in [0.3, 0.4) is 0 Å². The van der Waals surface area contributed by atoms with E-state index in [1.807, 2.05) is 38.1 Å². The summed E-state index contributed by atoms with van der Waals surface area (Å²) in [5.41, 5.74) is 8.55. The maximum atomic E-state index is 12.1. The fourth-order valence-electron chi connectivity index (χ4n) is 2.02. The quantitative estimate of drug-likeness (QED) is 0.859. The summed E-state index contributed by atoms with van der Waals surface area (Å²) in [4.78, 5) is 16.3. The molecule has 0 fully saturated rings. The molecule has 0 aliphatic rings. The number of carbonyl (C=O) groups is 1. The zero-order chi connectivity index (χ0) is 16.1. The van der Waals surface area contributed by atoms with E-state index in [2.05, 4.69) is 17.2 Å². The molecule has 2 unspecified atom stereocenters. The third kappa shape index (κ3) is 3.95. The second-order valence-electron chi connectivity index (χ2n) is 5.65. The highest BCUT2D eigenvalue weighted by molar-refractivity contribution is 5.91. The zero-order valence-corrected chi connectivity index (χ0v) is 13.3. The molecule has 0 aliphatic carbocycles. The minimum absolute atomic E-state index is 0.252. The molecule has 1 heterocycles. The van der Waals surface area contributed by atoms with E-state index in [4.69, 9.17) is 10.2 Å². The Morgan fingerprint density at radius 2 is 2.05 bits per heavy atom. The first-order valence-corrected chi connectivity index (χ1v) is 7.56. The highest BCUT2D eigenvalue weighted by Crippen LogP contribution is 2.21. The number of carbonyl (C=O) groups excluding carboxylic acids is 1. The molecule has 1 amide bonds. The molecule has 0 aliphatic heterocycles. The Morgan fingerprint density at radius 3 is 2.68 bits per heavy atom. The van der Waals surface area contributed by atoms with Gasteiger partial charge >= 0.3 is 0 Å². The standard InChI is InChI=1S/C17H23N3O2/c1-4-12(3)15(18)17-20-14(10-22-17)16(21)19-9-13-7-5-11(2)6-8-13/h5-8,10,12,15H,4,9,18H2,1-3H3,(H,19,21). The van der Waals surface area contributed by atoms with Crippen LogP contribution >= 0.6 is 0 Å². The van der Waals surface area contributed by atoms with Crippen LogP contribution < -0.4 is 11.1 Å². The third-order valence-electron chi connectivity index (χ3n) is 3.87. The number of rotatable bonds is 6. The van der Waals surface area contributed by atoms with Crippen molar-refractivity contribution in [1.82, 2.24) is 10.3 Å². The average molecular weight is 301 g/mol. The molecule has 5 heteroatoms. The van der Waals surface area contributed by atoms with E-state index in [1.165, 1.54) is 11.8 Å². The predicted molar refractivity (Wildman–Crippen MR) is 85.2 cm³/mol. The fraction of sp³-hybridized carbons (Fsp3) is 0.412. The van der Waals surface area contributed by atoms with E-state index >= 15 is 0 Å². The van der Waals surface area contributed by atoms with Gasteiger partial charge in [0, 0.05) is 6.54 Å². The van der Waals surface area contributed by atoms with Crippen LogP contribution in [0.5, 0.6) is 0 Å². The van der Waals surface area contributed by atoms with Crippen LogP contribution in [0.25, 0.3) is 0 Å². The minimum Gasteiger partial charge on any atom is -0.446 e. The Kier molecular flexibility index (Phi) is 5.33. The number of hydrogen-bond donors (Lipinski definition) is 2. The highest BCUT2D eigenvalue weighted by Gasteiger charge is 2.20. The molecule has 0 radical (unpaired) electrons. The normalized spacial score (nSPS) is 13.6. The van der Waals surface area contributed by atoms with Crippen molar-refractivity contribution in [2.24, 2.45) is 11.7 Å². The van der Waals surface area contributed by atoms with E-state index in [0.717, 1.165) is 12.0 Å². The number of oxazole rings is 1. The van der Waals surface area contributed by atoms with Gasteiger partial charge < -0.3 is 15.5 Å². The van der Waals surface area contributed by atoms with E-state index in [9.17, 15) is 4.79 Å². The van der Waals surface area contributed by atoms with Crippen molar-refractivity contribution >= 4 is 5.91 Å². The Bertz CT molecular complexity index is 619. The van der Waals surface area contributed by atoms with Crippen molar-refractivity contribution in [3.63, 3.8) is 0 Å². The Morgan fingerprint density at radius 1 is 1.36 bits per heavy atom. The molecule has 0 spiro atoms. The second kappa shape index (κ2) is 7.22. The van der Waals surface area contributed by atoms with Gasteiger partial charge in [0.25, 0.3) is 5.91 Å². The second-order valence-corrected chi connectivity index (χ2v) is 5.65. The van der Waals surface area contributed by atoms with E-state index in [1.54, 1.807) is 0 Å². The number of nitrogens with zero attached hydrogens (tertiary/aromatic N) is 1. The number of nitrogens with two attached hydrogens (primary N) is 1. The molecule has 22 heavy (non-hydrogen) atoms. The summed E-state index contributed by atoms with van der Waals surface area (Å²) in [5, 5.41) is 2.83. The first kappa shape index (κ1) is 16.2. The molecule has 118 valence electrons. The summed E-state index contributed by atoms with van der Waals surface area (Å²) in [7, 11) is 0. The van der Waals surface area contributed by atoms with E-state index < -0.39 is 0 Å². The van der Waals surface area contributed by atoms with Crippen molar-refractivity contribution in [3.8, 4) is 0 Å². The molecule has 0 bridgehead atoms. The maximum Gasteiger partial charge on any atom is 0.273 e. The summed E-state index contributed by atoms with van der Waals surface area (Å²) < 4.78 is 5.34. The predicted octanol–water partition coefficient (Wildman–Crippen LogP) is 2.96. The van der Waals surface area contributed by atoms with Crippen molar-refractivity contribution in [2.45, 2.75) is 39.8 Å². The Hall–Kier alpha value is -2.14. The fourth-order valence-corrected chi connectivity index (χ4v) is 2.02. The smallest absolute Gasteiger partial charge is 0.273 e. The van der Waals surface area contributed by atoms with Gasteiger partial charge in [-0.25, -0.2) is 4.98 Å². The van der Waals surface area contributed by atoms with E-state index in [-0.39, 0.29) is 23.6 Å². The molecule has 2 rings (SSSR count). The Balaban J connectivity index is 1.95. The minimum atomic E-state index is -0.288. The lowest BCUT2D eigenvalue weighted by Gasteiger charge is -2.13. The third-order valence-corrected chi connectivity index (χ3v) is 3.87. The van der Waals surface area contributed by atoms with Gasteiger partial charge in [-0.05, 0) is 18.4 Å². The van der Waals surface area contributed by atoms with Gasteiger partial charge in [0.2, 0.25) is 5.89 Å². The first-order valence-electron chi connectivity index (χ1n) is 7.56. The number of nitrogens with one attached hydrogen (secondary N) is 1. The maximum absolute atomic E-state index is 12.1. The zero-order valence-electron chi connectivity index (χ0n) is 13.3. The number of hydrogen-bond acceptors (Lipinski definition) is 4. The number of aryl methyl sites for hydroxylation is 1. The molecular formula is C17H23N3O2. The van der Waals surface area contributed by atoms with Gasteiger partial charge in [-0.3, -0.25) is 4.79 Å². The average Bonchev–Trinajstić information content (AvgIpc) is 3.02. The van der Waals surface area contributed by atoms with Gasteiger partial charge in [-0.2, -0.15) is 0 Å². The van der Waals surface area contributed by atoms with Crippen molar-refractivity contribution in [1.29, 1.82) is 0 Å². The molecular weight excluding hydrogens is 278 g/mol. The van der Waals surface area contributed by atoms with Crippen LogP contribution in [-0.4, -0.2) is 10.9 Å². The van der Waals surface area contributed by atoms with Crippen LogP contribution in [0, 0.1) is 12.8 Å². The number of aromatic nitrogens is 1. The molecule has 0 saturated carbocycles. The van der Waals surface area contributed by atoms with Crippen LogP contribution in [0.2, 0.25) is 0 Å². The lowest BCUT2D eigenvalue weighted by atomic mass is 10.0. The van der Waals surface area contributed by atoms with Crippen molar-refractivity contribution in [3.05, 3.63) is 53.2 Å². The summed E-state index contributed by atoms with van der Waals surface area (Å²) in [6.07, 6.45) is 2.29. The van der Waals surface area contributed by atoms with Gasteiger partial charge in [0.15, 0.2) is 5.69 Å². The summed E-state index contributed by atoms with van der Waals surface area (Å²) in [5.74, 6) is 0.406. The van der Waals surface area contributed by atoms with Crippen LogP contribution in [0.4, 0.5) is 0 Å². The molecule has 0 saturated heterocycles. The summed E-state index contributed by atoms with van der Waals surface area (Å²) in [6.45, 7) is 6.58. The Labute approximate surface area is 130 Å². The van der Waals surface area contributed by atoms with E-state index in [0.29, 0.717) is 12.4 Å². The van der Waals surface area contributed by atoms with Gasteiger partial charge in [0.05, 0.1) is 6.04 Å². The van der Waals surface area contributed by atoms with Crippen molar-refractivity contribution in [2.75, 3.05) is 0 Å². The molecule has 5 nitrogen and oxygen atoms in total. The highest BCUT2D eigenvalue weighted by atomic mass is 16.3. The molecule has 1 aromatic heterocycles. The first-order chi connectivity index (χ1) is 10.5. The van der Waals surface area contributed by atoms with Crippen LogP contribution in [0.15, 0.2) is 34.9 Å². The largest absolute Gasteiger partial charge is 0.446 e. The number of amides is 1. The van der Waals surface area contributed by atoms with Crippen LogP contribution in [0.1, 0.15) is 53.8 Å². The lowest BCUT2D eigenvalue weighted by Crippen LogP contribution is -2.24. The van der Waals surface area contributed by atoms with Crippen LogP contribution in [-0.2, 0) is 6.54 Å². The summed E-state index contributed by atoms with van der Waals surface area (Å²) in [6, 6.07) is 7.72. The monoisotopic (exact) mass is 301 g/mol. The molecule has 3 N–H and O–H groups in total. The number of benzene rings is 1. The van der Waals surface area contributed by atoms with Gasteiger partial charge in [-0.15, -0.1) is 0 Å². The molecule has 1 aromatic carbocycles. The van der Waals surface area contributed by atoms with Gasteiger partial charge in [-0.1, -0.05) is 50.1 Å². The van der Waals surface area contributed by atoms with Crippen molar-refractivity contribution < 1.29 is 9.21 Å². The molecule has 2 atom stereocenters. The molecule has 2 aromatic rings. The van der Waals surface area contributed by atoms with Gasteiger partial charge in [0.1, 0.15) is 6.26 Å².